The summed E-state index contributed by atoms with van der Waals surface area (Å²) in [6.07, 6.45) is 54.6. The van der Waals surface area contributed by atoms with E-state index < -0.39 is 57.8 Å². The highest BCUT2D eigenvalue weighted by Gasteiger charge is 2.28. The first kappa shape index (κ1) is 64.9. The minimum absolute atomic E-state index is 0.0439. The number of esters is 3. The molecule has 0 heterocycles. The summed E-state index contributed by atoms with van der Waals surface area (Å²) in [7, 11) is -4.76. The topological polar surface area (TPSA) is 155 Å². The van der Waals surface area contributed by atoms with E-state index in [2.05, 4.69) is 81.5 Å². The predicted molar refractivity (Wildman–Crippen MR) is 279 cm³/mol. The third kappa shape index (κ3) is 48.0. The zero-order chi connectivity index (χ0) is 49.9. The van der Waals surface area contributed by atoms with E-state index in [4.69, 9.17) is 23.3 Å². The summed E-state index contributed by atoms with van der Waals surface area (Å²) in [5, 5.41) is 9.77. The summed E-state index contributed by atoms with van der Waals surface area (Å²) in [6.45, 7) is 4.39. The summed E-state index contributed by atoms with van der Waals surface area (Å²) in [4.78, 5) is 48.3. The van der Waals surface area contributed by atoms with Crippen LogP contribution in [0.25, 0.3) is 0 Å². The maximum Gasteiger partial charge on any atom is 0.472 e. The van der Waals surface area contributed by atoms with Crippen molar-refractivity contribution in [2.45, 2.75) is 238 Å². The summed E-state index contributed by atoms with van der Waals surface area (Å²) in [5.74, 6) is -1.57. The number of rotatable bonds is 49. The molecule has 0 rings (SSSR count). The summed E-state index contributed by atoms with van der Waals surface area (Å²) in [6, 6.07) is 0. The zero-order valence-corrected chi connectivity index (χ0v) is 43.9. The Morgan fingerprint density at radius 1 is 0.426 bits per heavy atom. The van der Waals surface area contributed by atoms with Crippen molar-refractivity contribution >= 4 is 25.7 Å². The molecule has 0 fully saturated rings. The van der Waals surface area contributed by atoms with Gasteiger partial charge in [0, 0.05) is 19.3 Å². The second-order valence-corrected chi connectivity index (χ2v) is 19.1. The highest BCUT2D eigenvalue weighted by molar-refractivity contribution is 7.47. The van der Waals surface area contributed by atoms with Crippen LogP contribution in [0.15, 0.2) is 72.9 Å². The molecule has 0 aliphatic heterocycles. The van der Waals surface area contributed by atoms with Crippen LogP contribution in [-0.2, 0) is 42.2 Å². The zero-order valence-electron chi connectivity index (χ0n) is 43.1. The van der Waals surface area contributed by atoms with E-state index in [-0.39, 0.29) is 25.9 Å². The van der Waals surface area contributed by atoms with E-state index >= 15 is 0 Å². The number of ether oxygens (including phenoxy) is 3. The first-order valence-corrected chi connectivity index (χ1v) is 28.3. The van der Waals surface area contributed by atoms with E-state index in [9.17, 15) is 28.9 Å². The van der Waals surface area contributed by atoms with Crippen LogP contribution < -0.4 is 0 Å². The lowest BCUT2D eigenvalue weighted by Crippen LogP contribution is -2.30. The van der Waals surface area contributed by atoms with Gasteiger partial charge < -0.3 is 24.2 Å². The maximum absolute atomic E-state index is 12.8. The number of hydrogen-bond acceptors (Lipinski definition) is 10. The van der Waals surface area contributed by atoms with Gasteiger partial charge in [0.25, 0.3) is 0 Å². The van der Waals surface area contributed by atoms with Crippen molar-refractivity contribution in [3.63, 3.8) is 0 Å². The van der Waals surface area contributed by atoms with Crippen LogP contribution in [0.3, 0.4) is 0 Å². The van der Waals surface area contributed by atoms with Gasteiger partial charge in [-0.15, -0.1) is 0 Å². The summed E-state index contributed by atoms with van der Waals surface area (Å²) < 4.78 is 39.3. The van der Waals surface area contributed by atoms with Crippen LogP contribution in [-0.4, -0.2) is 66.5 Å². The van der Waals surface area contributed by atoms with Crippen LogP contribution in [0.2, 0.25) is 0 Å². The highest BCUT2D eigenvalue weighted by atomic mass is 31.2. The molecular formula is C56H97O11P. The Morgan fingerprint density at radius 3 is 1.29 bits per heavy atom. The quantitative estimate of drug-likeness (QED) is 0.0197. The Labute approximate surface area is 414 Å². The summed E-state index contributed by atoms with van der Waals surface area (Å²) in [5.41, 5.74) is 0. The molecule has 3 atom stereocenters. The molecule has 0 aliphatic rings. The van der Waals surface area contributed by atoms with Crippen LogP contribution in [0.5, 0.6) is 0 Å². The van der Waals surface area contributed by atoms with Crippen molar-refractivity contribution < 1.29 is 52.2 Å². The Morgan fingerprint density at radius 2 is 0.794 bits per heavy atom. The molecule has 12 heteroatoms. The van der Waals surface area contributed by atoms with Crippen molar-refractivity contribution in [3.8, 4) is 0 Å². The molecule has 0 amide bonds. The number of allylic oxidation sites excluding steroid dienone is 12. The molecule has 3 unspecified atom stereocenters. The molecule has 0 aromatic carbocycles. The van der Waals surface area contributed by atoms with Gasteiger partial charge in [0.05, 0.1) is 19.8 Å². The normalized spacial score (nSPS) is 14.0. The Bertz CT molecular complexity index is 1420. The average Bonchev–Trinajstić information content (AvgIpc) is 3.32. The third-order valence-electron chi connectivity index (χ3n) is 11.1. The number of carbonyl (C=O) groups excluding carboxylic acids is 3. The Kier molecular flexibility index (Phi) is 48.0. The fourth-order valence-electron chi connectivity index (χ4n) is 7.05. The van der Waals surface area contributed by atoms with Crippen molar-refractivity contribution in [3.05, 3.63) is 72.9 Å². The Hall–Kier alpha value is -3.08. The van der Waals surface area contributed by atoms with E-state index in [1.54, 1.807) is 0 Å². The van der Waals surface area contributed by atoms with Crippen LogP contribution in [0.4, 0.5) is 0 Å². The lowest BCUT2D eigenvalue weighted by atomic mass is 10.1. The molecule has 0 spiro atoms. The number of hydrogen-bond donors (Lipinski definition) is 2. The molecule has 0 saturated carbocycles. The van der Waals surface area contributed by atoms with E-state index in [1.807, 2.05) is 12.2 Å². The molecule has 2 N–H and O–H groups in total. The Balaban J connectivity index is 4.81. The predicted octanol–water partition coefficient (Wildman–Crippen LogP) is 15.4. The second kappa shape index (κ2) is 50.3. The van der Waals surface area contributed by atoms with Gasteiger partial charge in [-0.05, 0) is 77.0 Å². The molecule has 392 valence electrons. The molecule has 68 heavy (non-hydrogen) atoms. The van der Waals surface area contributed by atoms with Gasteiger partial charge in [0.1, 0.15) is 12.7 Å². The van der Waals surface area contributed by atoms with Crippen molar-refractivity contribution in [2.24, 2.45) is 0 Å². The standard InChI is InChI=1S/C56H97O11P/c1-4-7-10-13-16-19-22-24-25-26-27-29-31-33-36-39-42-45-54(58)63-49-53(67-56(60)47-44-41-38-35-32-28-23-20-17-14-11-8-5-2)51-65-68(61,62)64-50-52(48-57)66-55(59)46-43-40-37-34-30-21-18-15-12-9-6-3/h8,11,16-17,19-20,24-25,28,32,38,41,52-53,57H,4-7,9-10,12-15,18,21-23,26-27,29-31,33-37,39-40,42-51H2,1-3H3,(H,61,62)/b11-8-,19-16-,20-17-,25-24-,32-28-,41-38-. The third-order valence-corrected chi connectivity index (χ3v) is 12.1. The van der Waals surface area contributed by atoms with Crippen LogP contribution in [0, 0.1) is 0 Å². The number of aliphatic hydroxyl groups is 1. The van der Waals surface area contributed by atoms with E-state index in [0.29, 0.717) is 19.3 Å². The molecule has 0 aromatic rings. The number of phosphoric ester groups is 1. The largest absolute Gasteiger partial charge is 0.472 e. The monoisotopic (exact) mass is 977 g/mol. The lowest BCUT2D eigenvalue weighted by molar-refractivity contribution is -0.161. The maximum atomic E-state index is 12.8. The number of carbonyl (C=O) groups is 3. The van der Waals surface area contributed by atoms with Crippen LogP contribution >= 0.6 is 7.82 Å². The number of aliphatic hydroxyl groups excluding tert-OH is 1. The fourth-order valence-corrected chi connectivity index (χ4v) is 7.83. The van der Waals surface area contributed by atoms with Crippen molar-refractivity contribution in [1.29, 1.82) is 0 Å². The van der Waals surface area contributed by atoms with E-state index in [0.717, 1.165) is 83.5 Å². The molecule has 0 bridgehead atoms. The SMILES string of the molecule is CC/C=C\C/C=C\C/C=C\C/C=C\CCC(=O)OC(COC(=O)CCCCCCCCC/C=C\C/C=C\CCCCC)COP(=O)(O)OCC(CO)OC(=O)CCCCCCCCCCCCC. The molecule has 11 nitrogen and oxygen atoms in total. The molecule has 0 aliphatic carbocycles. The molecule has 0 radical (unpaired) electrons. The number of phosphoric acid groups is 1. The molecule has 0 saturated heterocycles. The van der Waals surface area contributed by atoms with Gasteiger partial charge in [0.15, 0.2) is 6.10 Å². The second-order valence-electron chi connectivity index (χ2n) is 17.7. The van der Waals surface area contributed by atoms with Gasteiger partial charge in [-0.2, -0.15) is 0 Å². The number of unbranched alkanes of at least 4 members (excludes halogenated alkanes) is 20. The van der Waals surface area contributed by atoms with Gasteiger partial charge >= 0.3 is 25.7 Å². The molecule has 0 aromatic heterocycles. The molecular weight excluding hydrogens is 880 g/mol. The first-order chi connectivity index (χ1) is 33.2. The smallest absolute Gasteiger partial charge is 0.462 e. The van der Waals surface area contributed by atoms with Gasteiger partial charge in [-0.1, -0.05) is 203 Å². The van der Waals surface area contributed by atoms with Gasteiger partial charge in [-0.25, -0.2) is 4.57 Å². The minimum atomic E-state index is -4.76. The lowest BCUT2D eigenvalue weighted by Gasteiger charge is -2.21. The van der Waals surface area contributed by atoms with E-state index in [1.165, 1.54) is 83.5 Å². The fraction of sp³-hybridized carbons (Fsp3) is 0.732. The summed E-state index contributed by atoms with van der Waals surface area (Å²) >= 11 is 0. The highest BCUT2D eigenvalue weighted by Crippen LogP contribution is 2.43. The van der Waals surface area contributed by atoms with Crippen molar-refractivity contribution in [2.75, 3.05) is 26.4 Å². The van der Waals surface area contributed by atoms with Gasteiger partial charge in [-0.3, -0.25) is 23.4 Å². The first-order valence-electron chi connectivity index (χ1n) is 26.8. The van der Waals surface area contributed by atoms with Crippen molar-refractivity contribution in [1.82, 2.24) is 0 Å². The minimum Gasteiger partial charge on any atom is -0.462 e. The van der Waals surface area contributed by atoms with Crippen LogP contribution in [0.1, 0.15) is 226 Å². The average molecular weight is 977 g/mol. The van der Waals surface area contributed by atoms with Gasteiger partial charge in [0.2, 0.25) is 0 Å².